The molecule has 1 aliphatic heterocycles. The number of nitriles is 2. The van der Waals surface area contributed by atoms with Gasteiger partial charge in [0.15, 0.2) is 11.5 Å². The molecule has 0 fully saturated rings. The third-order valence-corrected chi connectivity index (χ3v) is 7.57. The number of halogens is 1. The molecule has 35 heavy (non-hydrogen) atoms. The fraction of sp³-hybridized carbons (Fsp3) is 0.160. The molecule has 0 saturated carbocycles. The third-order valence-electron chi connectivity index (χ3n) is 5.48. The van der Waals surface area contributed by atoms with Gasteiger partial charge in [-0.15, -0.1) is 28.6 Å². The Balaban J connectivity index is 1.54. The van der Waals surface area contributed by atoms with Gasteiger partial charge in [-0.25, -0.2) is 9.50 Å². The Morgan fingerprint density at radius 2 is 1.89 bits per heavy atom. The molecule has 1 unspecified atom stereocenters. The summed E-state index contributed by atoms with van der Waals surface area (Å²) < 4.78 is 1.56. The van der Waals surface area contributed by atoms with Crippen LogP contribution in [0.5, 0.6) is 0 Å². The molecule has 2 aromatic carbocycles. The van der Waals surface area contributed by atoms with E-state index in [-0.39, 0.29) is 6.04 Å². The third kappa shape index (κ3) is 4.46. The zero-order chi connectivity index (χ0) is 24.4. The van der Waals surface area contributed by atoms with Gasteiger partial charge in [-0.3, -0.25) is 4.99 Å². The Labute approximate surface area is 215 Å². The lowest BCUT2D eigenvalue weighted by atomic mass is 10.1. The molecule has 0 saturated heterocycles. The van der Waals surface area contributed by atoms with Crippen LogP contribution < -0.4 is 5.32 Å². The molecular weight excluding hydrogens is 498 g/mol. The van der Waals surface area contributed by atoms with Gasteiger partial charge in [-0.1, -0.05) is 54.1 Å². The predicted molar refractivity (Wildman–Crippen MR) is 142 cm³/mol. The molecule has 1 atom stereocenters. The fourth-order valence-electron chi connectivity index (χ4n) is 3.88. The van der Waals surface area contributed by atoms with Crippen molar-refractivity contribution in [1.82, 2.24) is 14.6 Å². The number of thioether (sulfide) groups is 2. The average Bonchev–Trinajstić information content (AvgIpc) is 3.50. The molecule has 0 radical (unpaired) electrons. The van der Waals surface area contributed by atoms with E-state index in [1.807, 2.05) is 36.6 Å². The van der Waals surface area contributed by atoms with Gasteiger partial charge in [-0.2, -0.15) is 10.5 Å². The summed E-state index contributed by atoms with van der Waals surface area (Å²) in [5.74, 6) is 1.26. The van der Waals surface area contributed by atoms with Crippen LogP contribution in [-0.2, 0) is 0 Å². The normalized spacial score (nSPS) is 15.0. The Morgan fingerprint density at radius 1 is 1.11 bits per heavy atom. The van der Waals surface area contributed by atoms with E-state index in [0.717, 1.165) is 21.9 Å². The van der Waals surface area contributed by atoms with Gasteiger partial charge >= 0.3 is 0 Å². The molecule has 2 aromatic heterocycles. The minimum absolute atomic E-state index is 0.0448. The van der Waals surface area contributed by atoms with Crippen molar-refractivity contribution in [2.75, 3.05) is 23.9 Å². The molecule has 0 aliphatic carbocycles. The lowest BCUT2D eigenvalue weighted by Gasteiger charge is -2.10. The summed E-state index contributed by atoms with van der Waals surface area (Å²) >= 11 is 9.32. The molecule has 4 aromatic rings. The Kier molecular flexibility index (Phi) is 6.65. The maximum absolute atomic E-state index is 9.98. The van der Waals surface area contributed by atoms with E-state index in [1.165, 1.54) is 11.8 Å². The molecule has 5 rings (SSSR count). The number of nitrogens with zero attached hydrogens (tertiary/aromatic N) is 6. The molecule has 1 N–H and O–H groups in total. The van der Waals surface area contributed by atoms with Crippen LogP contribution in [0.4, 0.5) is 5.82 Å². The zero-order valence-electron chi connectivity index (χ0n) is 18.6. The Morgan fingerprint density at radius 3 is 2.60 bits per heavy atom. The van der Waals surface area contributed by atoms with E-state index >= 15 is 0 Å². The number of aliphatic imine (C=N–C) groups is 1. The number of hydrogen-bond donors (Lipinski definition) is 1. The van der Waals surface area contributed by atoms with E-state index in [2.05, 4.69) is 39.7 Å². The summed E-state index contributed by atoms with van der Waals surface area (Å²) in [5.41, 5.74) is 3.48. The number of benzene rings is 2. The number of rotatable bonds is 6. The van der Waals surface area contributed by atoms with E-state index in [1.54, 1.807) is 28.4 Å². The van der Waals surface area contributed by atoms with Crippen molar-refractivity contribution in [1.29, 1.82) is 10.5 Å². The number of fused-ring (bicyclic) bond motifs is 1. The van der Waals surface area contributed by atoms with E-state index in [0.29, 0.717) is 44.9 Å². The number of nitrogens with one attached hydrogen (secondary N) is 1. The lowest BCUT2D eigenvalue weighted by molar-refractivity contribution is 0.799. The van der Waals surface area contributed by atoms with Gasteiger partial charge in [-0.05, 0) is 18.4 Å². The van der Waals surface area contributed by atoms with E-state index in [4.69, 9.17) is 16.6 Å². The highest BCUT2D eigenvalue weighted by atomic mass is 35.5. The molecule has 1 aliphatic rings. The summed E-state index contributed by atoms with van der Waals surface area (Å²) in [5, 5.41) is 30.0. The monoisotopic (exact) mass is 515 g/mol. The van der Waals surface area contributed by atoms with Gasteiger partial charge in [0.25, 0.3) is 0 Å². The van der Waals surface area contributed by atoms with Crippen molar-refractivity contribution >= 4 is 51.6 Å². The summed E-state index contributed by atoms with van der Waals surface area (Å²) in [6.07, 6.45) is 1.85. The SMILES string of the molecule is CSc1nc2c(C#N)c(NCC3CSC(c4ccccc4)=N3)nn2c(-c2cccc(Cl)c2)c1C#N. The zero-order valence-corrected chi connectivity index (χ0v) is 21.0. The van der Waals surface area contributed by atoms with Crippen molar-refractivity contribution in [2.45, 2.75) is 11.1 Å². The smallest absolute Gasteiger partial charge is 0.177 e. The number of hydrogen-bond acceptors (Lipinski definition) is 8. The van der Waals surface area contributed by atoms with Gasteiger partial charge in [0.2, 0.25) is 0 Å². The van der Waals surface area contributed by atoms with Crippen LogP contribution in [0.15, 0.2) is 64.6 Å². The predicted octanol–water partition coefficient (Wildman–Crippen LogP) is 5.49. The Bertz CT molecular complexity index is 1530. The first kappa shape index (κ1) is 23.3. The van der Waals surface area contributed by atoms with Crippen LogP contribution in [0.3, 0.4) is 0 Å². The van der Waals surface area contributed by atoms with Crippen LogP contribution in [0.2, 0.25) is 5.02 Å². The first-order chi connectivity index (χ1) is 17.1. The largest absolute Gasteiger partial charge is 0.365 e. The van der Waals surface area contributed by atoms with Crippen LogP contribution in [0, 0.1) is 22.7 Å². The lowest BCUT2D eigenvalue weighted by Crippen LogP contribution is -2.18. The topological polar surface area (TPSA) is 102 Å². The van der Waals surface area contributed by atoms with Crippen molar-refractivity contribution in [3.8, 4) is 23.4 Å². The summed E-state index contributed by atoms with van der Waals surface area (Å²) in [6.45, 7) is 0.523. The van der Waals surface area contributed by atoms with Gasteiger partial charge < -0.3 is 5.32 Å². The minimum Gasteiger partial charge on any atom is -0.365 e. The fourth-order valence-corrected chi connectivity index (χ4v) is 5.66. The van der Waals surface area contributed by atoms with Crippen molar-refractivity contribution in [3.05, 3.63) is 76.3 Å². The quantitative estimate of drug-likeness (QED) is 0.267. The Hall–Kier alpha value is -3.50. The van der Waals surface area contributed by atoms with Crippen LogP contribution >= 0.6 is 35.1 Å². The van der Waals surface area contributed by atoms with Crippen LogP contribution in [-0.4, -0.2) is 44.2 Å². The molecule has 10 heteroatoms. The summed E-state index contributed by atoms with van der Waals surface area (Å²) in [4.78, 5) is 9.45. The molecular formula is C25H18ClN7S2. The summed E-state index contributed by atoms with van der Waals surface area (Å²) in [7, 11) is 0. The second-order valence-electron chi connectivity index (χ2n) is 7.68. The van der Waals surface area contributed by atoms with E-state index in [9.17, 15) is 10.5 Å². The minimum atomic E-state index is 0.0448. The van der Waals surface area contributed by atoms with Crippen LogP contribution in [0.25, 0.3) is 16.9 Å². The van der Waals surface area contributed by atoms with Crippen molar-refractivity contribution < 1.29 is 0 Å². The first-order valence-electron chi connectivity index (χ1n) is 10.7. The maximum atomic E-state index is 9.98. The average molecular weight is 516 g/mol. The number of aromatic nitrogens is 3. The highest BCUT2D eigenvalue weighted by Crippen LogP contribution is 2.34. The highest BCUT2D eigenvalue weighted by molar-refractivity contribution is 8.14. The maximum Gasteiger partial charge on any atom is 0.177 e. The molecule has 3 heterocycles. The first-order valence-corrected chi connectivity index (χ1v) is 13.3. The second-order valence-corrected chi connectivity index (χ2v) is 9.92. The van der Waals surface area contributed by atoms with Crippen LogP contribution in [0.1, 0.15) is 16.7 Å². The van der Waals surface area contributed by atoms with Crippen molar-refractivity contribution in [2.24, 2.45) is 4.99 Å². The standard InChI is InChI=1S/C25H18ClN7S2/c1-34-25-19(11-27)21(16-8-5-9-17(26)10-16)33-23(31-25)20(12-28)22(32-33)29-13-18-14-35-24(30-18)15-6-3-2-4-7-15/h2-10,18H,13-14H2,1H3,(H,29,32). The second kappa shape index (κ2) is 10.0. The molecule has 0 amide bonds. The van der Waals surface area contributed by atoms with Crippen molar-refractivity contribution in [3.63, 3.8) is 0 Å². The van der Waals surface area contributed by atoms with Gasteiger partial charge in [0.1, 0.15) is 28.3 Å². The molecule has 172 valence electrons. The van der Waals surface area contributed by atoms with Gasteiger partial charge in [0, 0.05) is 28.4 Å². The number of anilines is 1. The highest BCUT2D eigenvalue weighted by Gasteiger charge is 2.25. The van der Waals surface area contributed by atoms with E-state index < -0.39 is 0 Å². The molecule has 0 bridgehead atoms. The van der Waals surface area contributed by atoms with Gasteiger partial charge in [0.05, 0.1) is 16.8 Å². The molecule has 7 nitrogen and oxygen atoms in total. The molecule has 0 spiro atoms. The summed E-state index contributed by atoms with van der Waals surface area (Å²) in [6, 6.07) is 21.9.